The Bertz CT molecular complexity index is 598. The second-order valence-corrected chi connectivity index (χ2v) is 4.15. The van der Waals surface area contributed by atoms with Crippen molar-refractivity contribution in [2.75, 3.05) is 5.32 Å². The van der Waals surface area contributed by atoms with Crippen LogP contribution in [0.1, 0.15) is 12.5 Å². The Kier molecular flexibility index (Phi) is 3.93. The van der Waals surface area contributed by atoms with Crippen molar-refractivity contribution in [1.82, 2.24) is 4.98 Å². The lowest BCUT2D eigenvalue weighted by Crippen LogP contribution is -2.17. The number of carbonyl (C=O) groups is 1. The highest BCUT2D eigenvalue weighted by Gasteiger charge is 2.25. The summed E-state index contributed by atoms with van der Waals surface area (Å²) in [7, 11) is 0. The Morgan fingerprint density at radius 3 is 2.60 bits per heavy atom. The van der Waals surface area contributed by atoms with Crippen LogP contribution in [0.25, 0.3) is 0 Å². The number of para-hydroxylation sites is 1. The summed E-state index contributed by atoms with van der Waals surface area (Å²) < 4.78 is 31.1. The fraction of sp³-hybridized carbons (Fsp3) is 0.143. The highest BCUT2D eigenvalue weighted by molar-refractivity contribution is 5.85. The van der Waals surface area contributed by atoms with Crippen LogP contribution >= 0.6 is 0 Å². The normalized spacial score (nSPS) is 10.9. The summed E-state index contributed by atoms with van der Waals surface area (Å²) in [5.74, 6) is -3.20. The number of rotatable bonds is 3. The molecule has 2 rings (SSSR count). The molecule has 0 atom stereocenters. The first-order chi connectivity index (χ1) is 9.45. The van der Waals surface area contributed by atoms with Crippen LogP contribution in [0, 0.1) is 0 Å². The molecule has 0 radical (unpaired) electrons. The molecule has 1 N–H and O–H groups in total. The number of hydrogen-bond donors (Lipinski definition) is 1. The monoisotopic (exact) mass is 278 g/mol. The fourth-order valence-electron chi connectivity index (χ4n) is 1.50. The van der Waals surface area contributed by atoms with Crippen LogP contribution in [-0.2, 0) is 5.92 Å². The van der Waals surface area contributed by atoms with Crippen LogP contribution in [0.5, 0.6) is 5.88 Å². The number of aromatic nitrogens is 1. The minimum absolute atomic E-state index is 0.183. The number of halogens is 2. The molecular weight excluding hydrogens is 266 g/mol. The van der Waals surface area contributed by atoms with Crippen LogP contribution < -0.4 is 10.1 Å². The molecule has 0 fully saturated rings. The number of ether oxygens (including phenoxy) is 1. The maximum atomic E-state index is 13.1. The molecule has 1 aromatic carbocycles. The van der Waals surface area contributed by atoms with Crippen LogP contribution in [0.2, 0.25) is 0 Å². The highest BCUT2D eigenvalue weighted by Crippen LogP contribution is 2.28. The number of benzene rings is 1. The maximum Gasteiger partial charge on any atom is 0.418 e. The molecule has 0 aliphatic carbocycles. The minimum Gasteiger partial charge on any atom is -0.391 e. The zero-order chi connectivity index (χ0) is 14.6. The average molecular weight is 278 g/mol. The molecule has 0 saturated heterocycles. The van der Waals surface area contributed by atoms with Crippen LogP contribution in [-0.4, -0.2) is 11.1 Å². The molecule has 0 aliphatic rings. The van der Waals surface area contributed by atoms with Gasteiger partial charge in [0.2, 0.25) is 5.88 Å². The Morgan fingerprint density at radius 2 is 1.95 bits per heavy atom. The molecule has 1 heterocycles. The second kappa shape index (κ2) is 5.64. The SMILES string of the molecule is CC(F)(F)c1ccnc(OC(=O)Nc2ccccc2)c1. The van der Waals surface area contributed by atoms with Gasteiger partial charge in [-0.15, -0.1) is 0 Å². The van der Waals surface area contributed by atoms with Gasteiger partial charge in [0.05, 0.1) is 0 Å². The van der Waals surface area contributed by atoms with E-state index in [0.29, 0.717) is 5.69 Å². The Morgan fingerprint density at radius 1 is 1.25 bits per heavy atom. The van der Waals surface area contributed by atoms with Crippen molar-refractivity contribution in [3.63, 3.8) is 0 Å². The molecule has 6 heteroatoms. The van der Waals surface area contributed by atoms with Crippen molar-refractivity contribution in [1.29, 1.82) is 0 Å². The number of nitrogens with zero attached hydrogens (tertiary/aromatic N) is 1. The number of nitrogens with one attached hydrogen (secondary N) is 1. The highest BCUT2D eigenvalue weighted by atomic mass is 19.3. The first-order valence-corrected chi connectivity index (χ1v) is 5.83. The summed E-state index contributed by atoms with van der Waals surface area (Å²) in [6.45, 7) is 0.760. The van der Waals surface area contributed by atoms with E-state index < -0.39 is 12.0 Å². The van der Waals surface area contributed by atoms with Gasteiger partial charge in [0.25, 0.3) is 5.92 Å². The largest absolute Gasteiger partial charge is 0.418 e. The molecule has 0 spiro atoms. The van der Waals surface area contributed by atoms with Gasteiger partial charge in [-0.3, -0.25) is 5.32 Å². The number of anilines is 1. The van der Waals surface area contributed by atoms with E-state index in [1.165, 1.54) is 6.07 Å². The van der Waals surface area contributed by atoms with Crippen molar-refractivity contribution in [3.8, 4) is 5.88 Å². The minimum atomic E-state index is -3.02. The molecule has 0 saturated carbocycles. The molecule has 0 bridgehead atoms. The zero-order valence-corrected chi connectivity index (χ0v) is 10.6. The van der Waals surface area contributed by atoms with Gasteiger partial charge in [-0.05, 0) is 18.2 Å². The van der Waals surface area contributed by atoms with E-state index in [9.17, 15) is 13.6 Å². The third kappa shape index (κ3) is 3.74. The zero-order valence-electron chi connectivity index (χ0n) is 10.6. The van der Waals surface area contributed by atoms with E-state index >= 15 is 0 Å². The van der Waals surface area contributed by atoms with Crippen LogP contribution in [0.15, 0.2) is 48.7 Å². The predicted molar refractivity (Wildman–Crippen MR) is 69.9 cm³/mol. The first kappa shape index (κ1) is 13.9. The molecule has 0 aliphatic heterocycles. The quantitative estimate of drug-likeness (QED) is 0.929. The van der Waals surface area contributed by atoms with Gasteiger partial charge in [-0.1, -0.05) is 18.2 Å². The van der Waals surface area contributed by atoms with Gasteiger partial charge in [-0.2, -0.15) is 0 Å². The topological polar surface area (TPSA) is 51.2 Å². The summed E-state index contributed by atoms with van der Waals surface area (Å²) >= 11 is 0. The number of carbonyl (C=O) groups excluding carboxylic acids is 1. The number of amides is 1. The summed E-state index contributed by atoms with van der Waals surface area (Å²) in [5, 5.41) is 2.46. The van der Waals surface area contributed by atoms with Crippen molar-refractivity contribution in [2.45, 2.75) is 12.8 Å². The molecular formula is C14H12F2N2O2. The van der Waals surface area contributed by atoms with Gasteiger partial charge in [0, 0.05) is 30.4 Å². The van der Waals surface area contributed by atoms with E-state index in [2.05, 4.69) is 10.3 Å². The van der Waals surface area contributed by atoms with E-state index in [1.807, 2.05) is 0 Å². The van der Waals surface area contributed by atoms with Crippen molar-refractivity contribution >= 4 is 11.8 Å². The summed E-state index contributed by atoms with van der Waals surface area (Å²) in [6.07, 6.45) is 0.373. The van der Waals surface area contributed by atoms with E-state index in [1.54, 1.807) is 30.3 Å². The third-order valence-electron chi connectivity index (χ3n) is 2.46. The predicted octanol–water partition coefficient (Wildman–Crippen LogP) is 3.80. The van der Waals surface area contributed by atoms with E-state index in [-0.39, 0.29) is 11.4 Å². The smallest absolute Gasteiger partial charge is 0.391 e. The lowest BCUT2D eigenvalue weighted by atomic mass is 10.1. The molecule has 104 valence electrons. The van der Waals surface area contributed by atoms with E-state index in [0.717, 1.165) is 19.2 Å². The standard InChI is InChI=1S/C14H12F2N2O2/c1-14(15,16)10-7-8-17-12(9-10)20-13(19)18-11-5-3-2-4-6-11/h2-9H,1H3,(H,18,19). The van der Waals surface area contributed by atoms with Crippen LogP contribution in [0.4, 0.5) is 19.3 Å². The summed E-state index contributed by atoms with van der Waals surface area (Å²) in [6, 6.07) is 10.8. The van der Waals surface area contributed by atoms with Crippen molar-refractivity contribution < 1.29 is 18.3 Å². The van der Waals surface area contributed by atoms with Crippen molar-refractivity contribution in [2.24, 2.45) is 0 Å². The molecule has 4 nitrogen and oxygen atoms in total. The lowest BCUT2D eigenvalue weighted by Gasteiger charge is -2.11. The molecule has 2 aromatic rings. The van der Waals surface area contributed by atoms with Gasteiger partial charge in [0.15, 0.2) is 0 Å². The van der Waals surface area contributed by atoms with Gasteiger partial charge < -0.3 is 4.74 Å². The van der Waals surface area contributed by atoms with E-state index in [4.69, 9.17) is 4.74 Å². The van der Waals surface area contributed by atoms with Crippen molar-refractivity contribution in [3.05, 3.63) is 54.2 Å². The maximum absolute atomic E-state index is 13.1. The van der Waals surface area contributed by atoms with Gasteiger partial charge >= 0.3 is 6.09 Å². The number of pyridine rings is 1. The average Bonchev–Trinajstić information content (AvgIpc) is 2.39. The lowest BCUT2D eigenvalue weighted by molar-refractivity contribution is 0.0171. The number of hydrogen-bond acceptors (Lipinski definition) is 3. The third-order valence-corrected chi connectivity index (χ3v) is 2.46. The Labute approximate surface area is 114 Å². The summed E-state index contributed by atoms with van der Waals surface area (Å²) in [5.41, 5.74) is 0.268. The molecule has 0 unspecified atom stereocenters. The fourth-order valence-corrected chi connectivity index (χ4v) is 1.50. The van der Waals surface area contributed by atoms with Gasteiger partial charge in [-0.25, -0.2) is 18.6 Å². The second-order valence-electron chi connectivity index (χ2n) is 4.15. The summed E-state index contributed by atoms with van der Waals surface area (Å²) in [4.78, 5) is 15.3. The molecule has 20 heavy (non-hydrogen) atoms. The molecule has 1 aromatic heterocycles. The first-order valence-electron chi connectivity index (χ1n) is 5.83. The van der Waals surface area contributed by atoms with Crippen LogP contribution in [0.3, 0.4) is 0 Å². The Hall–Kier alpha value is -2.50. The molecule has 1 amide bonds. The van der Waals surface area contributed by atoms with Gasteiger partial charge in [0.1, 0.15) is 0 Å². The number of alkyl halides is 2. The Balaban J connectivity index is 2.05.